The molecule has 0 spiro atoms. The topological polar surface area (TPSA) is 47.4 Å². The van der Waals surface area contributed by atoms with Crippen molar-refractivity contribution in [3.63, 3.8) is 0 Å². The number of thioether (sulfide) groups is 1. The summed E-state index contributed by atoms with van der Waals surface area (Å²) >= 11 is 6.97. The Morgan fingerprint density at radius 3 is 2.47 bits per heavy atom. The van der Waals surface area contributed by atoms with Gasteiger partial charge < -0.3 is 4.74 Å². The molecule has 0 bridgehead atoms. The van der Waals surface area contributed by atoms with E-state index in [-0.39, 0.29) is 11.9 Å². The van der Waals surface area contributed by atoms with E-state index in [1.54, 1.807) is 11.0 Å². The number of rotatable bonds is 8. The van der Waals surface area contributed by atoms with Gasteiger partial charge in [0.05, 0.1) is 16.6 Å². The number of ether oxygens (including phenoxy) is 1. The maximum Gasteiger partial charge on any atom is 0.266 e. The van der Waals surface area contributed by atoms with Gasteiger partial charge in [0, 0.05) is 17.3 Å². The second-order valence-electron chi connectivity index (χ2n) is 8.93. The zero-order valence-corrected chi connectivity index (χ0v) is 22.8. The molecule has 0 aliphatic carbocycles. The van der Waals surface area contributed by atoms with E-state index in [1.165, 1.54) is 11.8 Å². The molecule has 190 valence electrons. The molecular formula is C31H27N3O2S2. The minimum atomic E-state index is -0.160. The fourth-order valence-corrected chi connectivity index (χ4v) is 5.78. The van der Waals surface area contributed by atoms with Crippen molar-refractivity contribution in [1.29, 1.82) is 0 Å². The molecule has 5 rings (SSSR count). The predicted octanol–water partition coefficient (Wildman–Crippen LogP) is 7.37. The van der Waals surface area contributed by atoms with Crippen LogP contribution >= 0.6 is 24.0 Å². The number of hydrogen-bond donors (Lipinski definition) is 0. The van der Waals surface area contributed by atoms with Crippen LogP contribution in [0.25, 0.3) is 23.0 Å². The molecule has 1 amide bonds. The molecule has 5 nitrogen and oxygen atoms in total. The van der Waals surface area contributed by atoms with Crippen molar-refractivity contribution in [1.82, 2.24) is 14.7 Å². The van der Waals surface area contributed by atoms with E-state index in [0.717, 1.165) is 39.4 Å². The third kappa shape index (κ3) is 5.21. The lowest BCUT2D eigenvalue weighted by Crippen LogP contribution is -2.30. The van der Waals surface area contributed by atoms with Crippen molar-refractivity contribution in [3.05, 3.63) is 119 Å². The average Bonchev–Trinajstić information content (AvgIpc) is 3.48. The zero-order valence-electron chi connectivity index (χ0n) is 21.2. The molecule has 0 radical (unpaired) electrons. The molecule has 38 heavy (non-hydrogen) atoms. The van der Waals surface area contributed by atoms with Crippen LogP contribution in [-0.2, 0) is 4.79 Å². The fourth-order valence-electron chi connectivity index (χ4n) is 4.37. The zero-order chi connectivity index (χ0) is 26.6. The lowest BCUT2D eigenvalue weighted by atomic mass is 10.0. The first-order chi connectivity index (χ1) is 18.5. The number of benzene rings is 3. The van der Waals surface area contributed by atoms with Gasteiger partial charge in [-0.3, -0.25) is 9.69 Å². The molecule has 1 saturated heterocycles. The van der Waals surface area contributed by atoms with Gasteiger partial charge in [0.2, 0.25) is 0 Å². The Labute approximate surface area is 232 Å². The molecule has 2 heterocycles. The number of aryl methyl sites for hydroxylation is 1. The van der Waals surface area contributed by atoms with E-state index >= 15 is 0 Å². The summed E-state index contributed by atoms with van der Waals surface area (Å²) in [6, 6.07) is 25.7. The highest BCUT2D eigenvalue weighted by Crippen LogP contribution is 2.39. The second kappa shape index (κ2) is 11.2. The summed E-state index contributed by atoms with van der Waals surface area (Å²) in [7, 11) is 0. The van der Waals surface area contributed by atoms with Gasteiger partial charge in [-0.05, 0) is 61.4 Å². The lowest BCUT2D eigenvalue weighted by Gasteiger charge is -2.23. The number of nitrogens with zero attached hydrogens (tertiary/aromatic N) is 3. The Hall–Kier alpha value is -3.94. The third-order valence-corrected chi connectivity index (χ3v) is 7.68. The molecule has 1 atom stereocenters. The van der Waals surface area contributed by atoms with E-state index in [2.05, 4.69) is 12.6 Å². The number of para-hydroxylation sites is 1. The van der Waals surface area contributed by atoms with Crippen LogP contribution in [-0.4, -0.2) is 31.5 Å². The minimum Gasteiger partial charge on any atom is -0.489 e. The fraction of sp³-hybridized carbons (Fsp3) is 0.129. The number of amides is 1. The molecular weight excluding hydrogens is 510 g/mol. The standard InChI is InChI=1S/C31H27N3O2S2/c1-4-17-36-27-16-15-24(18-21(27)2)29-25(20-33(32-29)26-13-9-6-10-14-26)19-28-30(35)34(31(37)38-28)22(3)23-11-7-5-8-12-23/h4-16,18-20,22H,1,17H2,2-3H3/b28-19-/t22-/m1/s1. The molecule has 1 aromatic heterocycles. The minimum absolute atomic E-state index is 0.0980. The number of carbonyl (C=O) groups excluding carboxylic acids is 1. The molecule has 0 unspecified atom stereocenters. The maximum atomic E-state index is 13.6. The molecule has 7 heteroatoms. The van der Waals surface area contributed by atoms with Crippen molar-refractivity contribution in [2.75, 3.05) is 6.61 Å². The van der Waals surface area contributed by atoms with Crippen molar-refractivity contribution in [2.24, 2.45) is 0 Å². The SMILES string of the molecule is C=CCOc1ccc(-c2nn(-c3ccccc3)cc2/C=C2\SC(=S)N([C@H](C)c3ccccc3)C2=O)cc1C. The number of thiocarbonyl (C=S) groups is 1. The van der Waals surface area contributed by atoms with Gasteiger partial charge in [-0.2, -0.15) is 5.10 Å². The first kappa shape index (κ1) is 25.7. The smallest absolute Gasteiger partial charge is 0.266 e. The summed E-state index contributed by atoms with van der Waals surface area (Å²) in [6.07, 6.45) is 5.58. The Bertz CT molecular complexity index is 1530. The second-order valence-corrected chi connectivity index (χ2v) is 10.6. The molecule has 4 aromatic rings. The van der Waals surface area contributed by atoms with E-state index < -0.39 is 0 Å². The number of hydrogen-bond acceptors (Lipinski definition) is 5. The maximum absolute atomic E-state index is 13.6. The Morgan fingerprint density at radius 1 is 1.08 bits per heavy atom. The van der Waals surface area contributed by atoms with Crippen molar-refractivity contribution < 1.29 is 9.53 Å². The number of aromatic nitrogens is 2. The average molecular weight is 538 g/mol. The summed E-state index contributed by atoms with van der Waals surface area (Å²) in [4.78, 5) is 15.8. The van der Waals surface area contributed by atoms with Crippen LogP contribution in [0, 0.1) is 6.92 Å². The van der Waals surface area contributed by atoms with Gasteiger partial charge in [0.25, 0.3) is 5.91 Å². The molecule has 0 N–H and O–H groups in total. The summed E-state index contributed by atoms with van der Waals surface area (Å²) in [5, 5.41) is 4.92. The van der Waals surface area contributed by atoms with Crippen LogP contribution in [0.2, 0.25) is 0 Å². The normalized spacial score (nSPS) is 15.2. The molecule has 1 aliphatic rings. The van der Waals surface area contributed by atoms with Crippen LogP contribution in [0.3, 0.4) is 0 Å². The van der Waals surface area contributed by atoms with E-state index in [1.807, 2.05) is 104 Å². The van der Waals surface area contributed by atoms with E-state index in [9.17, 15) is 4.79 Å². The van der Waals surface area contributed by atoms with Gasteiger partial charge in [-0.25, -0.2) is 4.68 Å². The van der Waals surface area contributed by atoms with Crippen LogP contribution < -0.4 is 4.74 Å². The lowest BCUT2D eigenvalue weighted by molar-refractivity contribution is -0.123. The van der Waals surface area contributed by atoms with Gasteiger partial charge in [0.1, 0.15) is 22.4 Å². The first-order valence-electron chi connectivity index (χ1n) is 12.3. The molecule has 3 aromatic carbocycles. The Morgan fingerprint density at radius 2 is 1.79 bits per heavy atom. The molecule has 1 aliphatic heterocycles. The van der Waals surface area contributed by atoms with Crippen molar-refractivity contribution >= 4 is 40.3 Å². The van der Waals surface area contributed by atoms with Gasteiger partial charge in [0.15, 0.2) is 0 Å². The van der Waals surface area contributed by atoms with Crippen molar-refractivity contribution in [2.45, 2.75) is 19.9 Å². The van der Waals surface area contributed by atoms with Crippen LogP contribution in [0.4, 0.5) is 0 Å². The summed E-state index contributed by atoms with van der Waals surface area (Å²) in [5.41, 5.74) is 5.50. The summed E-state index contributed by atoms with van der Waals surface area (Å²) < 4.78 is 8.15. The van der Waals surface area contributed by atoms with Crippen molar-refractivity contribution in [3.8, 4) is 22.7 Å². The monoisotopic (exact) mass is 537 g/mol. The van der Waals surface area contributed by atoms with E-state index in [0.29, 0.717) is 15.8 Å². The predicted molar refractivity (Wildman–Crippen MR) is 159 cm³/mol. The van der Waals surface area contributed by atoms with E-state index in [4.69, 9.17) is 22.1 Å². The Balaban J connectivity index is 1.54. The van der Waals surface area contributed by atoms with Gasteiger partial charge in [-0.1, -0.05) is 85.2 Å². The number of carbonyl (C=O) groups is 1. The van der Waals surface area contributed by atoms with Crippen LogP contribution in [0.15, 0.2) is 103 Å². The highest BCUT2D eigenvalue weighted by atomic mass is 32.2. The van der Waals surface area contributed by atoms with Gasteiger partial charge >= 0.3 is 0 Å². The van der Waals surface area contributed by atoms with Crippen LogP contribution in [0.1, 0.15) is 29.7 Å². The summed E-state index contributed by atoms with van der Waals surface area (Å²) in [6.45, 7) is 8.17. The Kier molecular flexibility index (Phi) is 7.58. The molecule has 0 saturated carbocycles. The van der Waals surface area contributed by atoms with Gasteiger partial charge in [-0.15, -0.1) is 0 Å². The quantitative estimate of drug-likeness (QED) is 0.133. The first-order valence-corrected chi connectivity index (χ1v) is 13.5. The molecule has 1 fully saturated rings. The highest BCUT2D eigenvalue weighted by molar-refractivity contribution is 8.26. The third-order valence-electron chi connectivity index (χ3n) is 6.35. The van der Waals surface area contributed by atoms with Crippen LogP contribution in [0.5, 0.6) is 5.75 Å². The highest BCUT2D eigenvalue weighted by Gasteiger charge is 2.36. The summed E-state index contributed by atoms with van der Waals surface area (Å²) in [5.74, 6) is 0.701. The largest absolute Gasteiger partial charge is 0.489 e.